The third-order valence-corrected chi connectivity index (χ3v) is 3.01. The van der Waals surface area contributed by atoms with Crippen molar-refractivity contribution in [3.8, 4) is 5.69 Å². The summed E-state index contributed by atoms with van der Waals surface area (Å²) in [6.07, 6.45) is 3.36. The number of hydrogen-bond acceptors (Lipinski definition) is 2. The van der Waals surface area contributed by atoms with Gasteiger partial charge in [0.05, 0.1) is 17.4 Å². The Morgan fingerprint density at radius 3 is 2.74 bits per heavy atom. The number of benzene rings is 1. The lowest BCUT2D eigenvalue weighted by atomic mass is 10.3. The summed E-state index contributed by atoms with van der Waals surface area (Å²) in [7, 11) is 1.79. The molecule has 1 aromatic carbocycles. The minimum absolute atomic E-state index is 0.0199. The summed E-state index contributed by atoms with van der Waals surface area (Å²) in [6, 6.07) is 9.73. The predicted molar refractivity (Wildman–Crippen MR) is 78.9 cm³/mol. The van der Waals surface area contributed by atoms with Crippen molar-refractivity contribution in [3.05, 3.63) is 48.3 Å². The molecule has 0 radical (unpaired) electrons. The molecule has 1 aromatic heterocycles. The minimum Gasteiger partial charge on any atom is -0.341 e. The molecule has 1 unspecified atom stereocenters. The summed E-state index contributed by atoms with van der Waals surface area (Å²) >= 11 is 3.44. The Labute approximate surface area is 121 Å². The van der Waals surface area contributed by atoms with Gasteiger partial charge in [0.25, 0.3) is 5.91 Å². The quantitative estimate of drug-likeness (QED) is 0.812. The third-order valence-electron chi connectivity index (χ3n) is 2.72. The first kappa shape index (κ1) is 13.8. The van der Waals surface area contributed by atoms with Gasteiger partial charge >= 0.3 is 0 Å². The van der Waals surface area contributed by atoms with Crippen LogP contribution in [-0.4, -0.2) is 39.0 Å². The first-order chi connectivity index (χ1) is 9.08. The Balaban J connectivity index is 2.15. The van der Waals surface area contributed by atoms with Gasteiger partial charge < -0.3 is 4.90 Å². The van der Waals surface area contributed by atoms with Crippen molar-refractivity contribution in [2.24, 2.45) is 0 Å². The van der Waals surface area contributed by atoms with Gasteiger partial charge in [0.2, 0.25) is 0 Å². The maximum Gasteiger partial charge on any atom is 0.256 e. The predicted octanol–water partition coefficient (Wildman–Crippen LogP) is 2.73. The topological polar surface area (TPSA) is 38.1 Å². The van der Waals surface area contributed by atoms with Crippen LogP contribution >= 0.6 is 15.9 Å². The number of alkyl halides is 1. The van der Waals surface area contributed by atoms with Crippen LogP contribution in [0.3, 0.4) is 0 Å². The molecular formula is C14H16BrN3O. The Hall–Kier alpha value is -1.62. The van der Waals surface area contributed by atoms with E-state index in [0.717, 1.165) is 5.69 Å². The van der Waals surface area contributed by atoms with Crippen molar-refractivity contribution in [1.82, 2.24) is 14.7 Å². The van der Waals surface area contributed by atoms with Gasteiger partial charge in [-0.2, -0.15) is 5.10 Å². The molecule has 1 atom stereocenters. The normalized spacial score (nSPS) is 12.2. The van der Waals surface area contributed by atoms with Crippen LogP contribution in [0.25, 0.3) is 5.69 Å². The average molecular weight is 322 g/mol. The van der Waals surface area contributed by atoms with E-state index in [0.29, 0.717) is 12.1 Å². The SMILES string of the molecule is CC(Br)CN(C)C(=O)c1cnn(-c2ccccc2)c1. The maximum absolute atomic E-state index is 12.2. The number of para-hydroxylation sites is 1. The molecule has 0 aliphatic carbocycles. The lowest BCUT2D eigenvalue weighted by Gasteiger charge is -2.17. The molecule has 0 N–H and O–H groups in total. The van der Waals surface area contributed by atoms with E-state index < -0.39 is 0 Å². The van der Waals surface area contributed by atoms with Gasteiger partial charge in [-0.3, -0.25) is 4.79 Å². The Morgan fingerprint density at radius 1 is 1.42 bits per heavy atom. The number of carbonyl (C=O) groups is 1. The first-order valence-corrected chi connectivity index (χ1v) is 6.99. The molecule has 2 aromatic rings. The standard InChI is InChI=1S/C14H16BrN3O/c1-11(15)9-17(2)14(19)12-8-16-18(10-12)13-6-4-3-5-7-13/h3-8,10-11H,9H2,1-2H3. The second kappa shape index (κ2) is 6.02. The van der Waals surface area contributed by atoms with Crippen LogP contribution in [0, 0.1) is 0 Å². The maximum atomic E-state index is 12.2. The molecule has 4 nitrogen and oxygen atoms in total. The van der Waals surface area contributed by atoms with E-state index in [1.165, 1.54) is 0 Å². The molecule has 1 amide bonds. The molecule has 0 bridgehead atoms. The molecule has 0 aliphatic rings. The summed E-state index contributed by atoms with van der Waals surface area (Å²) < 4.78 is 1.71. The molecule has 100 valence electrons. The molecular weight excluding hydrogens is 306 g/mol. The van der Waals surface area contributed by atoms with Crippen LogP contribution < -0.4 is 0 Å². The van der Waals surface area contributed by atoms with Crippen molar-refractivity contribution >= 4 is 21.8 Å². The summed E-state index contributed by atoms with van der Waals surface area (Å²) in [5.41, 5.74) is 1.54. The number of nitrogens with zero attached hydrogens (tertiary/aromatic N) is 3. The third kappa shape index (κ3) is 3.44. The summed E-state index contributed by atoms with van der Waals surface area (Å²) in [4.78, 5) is 14.1. The zero-order chi connectivity index (χ0) is 13.8. The van der Waals surface area contributed by atoms with Crippen LogP contribution in [0.5, 0.6) is 0 Å². The highest BCUT2D eigenvalue weighted by molar-refractivity contribution is 9.09. The van der Waals surface area contributed by atoms with Gasteiger partial charge in [0, 0.05) is 24.6 Å². The lowest BCUT2D eigenvalue weighted by molar-refractivity contribution is 0.0797. The smallest absolute Gasteiger partial charge is 0.256 e. The number of rotatable bonds is 4. The van der Waals surface area contributed by atoms with Crippen LogP contribution in [0.1, 0.15) is 17.3 Å². The van der Waals surface area contributed by atoms with E-state index in [9.17, 15) is 4.79 Å². The van der Waals surface area contributed by atoms with Gasteiger partial charge in [-0.1, -0.05) is 41.1 Å². The van der Waals surface area contributed by atoms with E-state index in [1.54, 1.807) is 29.0 Å². The monoisotopic (exact) mass is 321 g/mol. The molecule has 19 heavy (non-hydrogen) atoms. The van der Waals surface area contributed by atoms with E-state index in [2.05, 4.69) is 21.0 Å². The van der Waals surface area contributed by atoms with Gasteiger partial charge in [-0.25, -0.2) is 4.68 Å². The van der Waals surface area contributed by atoms with E-state index in [4.69, 9.17) is 0 Å². The Kier molecular flexibility index (Phi) is 4.37. The van der Waals surface area contributed by atoms with Crippen LogP contribution in [-0.2, 0) is 0 Å². The number of halogens is 1. The largest absolute Gasteiger partial charge is 0.341 e. The zero-order valence-electron chi connectivity index (χ0n) is 11.0. The van der Waals surface area contributed by atoms with Gasteiger partial charge in [-0.15, -0.1) is 0 Å². The van der Waals surface area contributed by atoms with E-state index in [1.807, 2.05) is 37.3 Å². The molecule has 0 saturated carbocycles. The number of amides is 1. The fourth-order valence-corrected chi connectivity index (χ4v) is 2.27. The molecule has 0 saturated heterocycles. The van der Waals surface area contributed by atoms with Crippen molar-refractivity contribution in [2.45, 2.75) is 11.8 Å². The Bertz CT molecular complexity index is 551. The van der Waals surface area contributed by atoms with Crippen molar-refractivity contribution in [3.63, 3.8) is 0 Å². The fourth-order valence-electron chi connectivity index (χ4n) is 1.84. The van der Waals surface area contributed by atoms with Crippen LogP contribution in [0.4, 0.5) is 0 Å². The molecule has 2 rings (SSSR count). The van der Waals surface area contributed by atoms with Crippen LogP contribution in [0.15, 0.2) is 42.7 Å². The summed E-state index contributed by atoms with van der Waals surface area (Å²) in [5, 5.41) is 4.23. The van der Waals surface area contributed by atoms with Crippen molar-refractivity contribution in [2.75, 3.05) is 13.6 Å². The van der Waals surface area contributed by atoms with Crippen molar-refractivity contribution in [1.29, 1.82) is 0 Å². The number of carbonyl (C=O) groups excluding carboxylic acids is 1. The fraction of sp³-hybridized carbons (Fsp3) is 0.286. The Morgan fingerprint density at radius 2 is 2.11 bits per heavy atom. The number of hydrogen-bond donors (Lipinski definition) is 0. The second-order valence-electron chi connectivity index (χ2n) is 4.48. The highest BCUT2D eigenvalue weighted by Crippen LogP contribution is 2.10. The molecule has 0 fully saturated rings. The summed E-state index contributed by atoms with van der Waals surface area (Å²) in [5.74, 6) is -0.0199. The van der Waals surface area contributed by atoms with Gasteiger partial charge in [0.15, 0.2) is 0 Å². The molecule has 5 heteroatoms. The molecule has 1 heterocycles. The van der Waals surface area contributed by atoms with Gasteiger partial charge in [-0.05, 0) is 12.1 Å². The minimum atomic E-state index is -0.0199. The van der Waals surface area contributed by atoms with E-state index >= 15 is 0 Å². The second-order valence-corrected chi connectivity index (χ2v) is 6.04. The zero-order valence-corrected chi connectivity index (χ0v) is 12.5. The number of aromatic nitrogens is 2. The lowest BCUT2D eigenvalue weighted by Crippen LogP contribution is -2.30. The molecule has 0 aliphatic heterocycles. The van der Waals surface area contributed by atoms with E-state index in [-0.39, 0.29) is 10.7 Å². The summed E-state index contributed by atoms with van der Waals surface area (Å²) in [6.45, 7) is 2.67. The van der Waals surface area contributed by atoms with Crippen LogP contribution in [0.2, 0.25) is 0 Å². The highest BCUT2D eigenvalue weighted by Gasteiger charge is 2.15. The highest BCUT2D eigenvalue weighted by atomic mass is 79.9. The average Bonchev–Trinajstić information content (AvgIpc) is 2.87. The first-order valence-electron chi connectivity index (χ1n) is 6.07. The van der Waals surface area contributed by atoms with Crippen molar-refractivity contribution < 1.29 is 4.79 Å². The van der Waals surface area contributed by atoms with Gasteiger partial charge in [0.1, 0.15) is 0 Å². The molecule has 0 spiro atoms.